The number of hydrogen-bond acceptors (Lipinski definition) is 2. The van der Waals surface area contributed by atoms with Crippen LogP contribution in [0.4, 0.5) is 8.78 Å². The maximum atomic E-state index is 13.3. The van der Waals surface area contributed by atoms with Crippen molar-refractivity contribution in [3.8, 4) is 5.69 Å². The Labute approximate surface area is 108 Å². The third-order valence-electron chi connectivity index (χ3n) is 3.34. The summed E-state index contributed by atoms with van der Waals surface area (Å²) < 4.78 is 28.0. The van der Waals surface area contributed by atoms with Gasteiger partial charge >= 0.3 is 0 Å². The summed E-state index contributed by atoms with van der Waals surface area (Å²) in [4.78, 5) is 11.9. The molecule has 98 valence electrons. The first kappa shape index (κ1) is 12.0. The van der Waals surface area contributed by atoms with Crippen molar-refractivity contribution < 1.29 is 13.6 Å². The molecule has 0 fully saturated rings. The molecule has 0 amide bonds. The third kappa shape index (κ3) is 1.95. The molecule has 0 saturated heterocycles. The Morgan fingerprint density at radius 3 is 2.53 bits per heavy atom. The van der Waals surface area contributed by atoms with Crippen molar-refractivity contribution in [3.63, 3.8) is 0 Å². The van der Waals surface area contributed by atoms with E-state index in [1.807, 2.05) is 0 Å². The lowest BCUT2D eigenvalue weighted by molar-refractivity contribution is 0.0971. The lowest BCUT2D eigenvalue weighted by Gasteiger charge is -2.13. The zero-order chi connectivity index (χ0) is 13.6. The fraction of sp³-hybridized carbons (Fsp3) is 0.286. The quantitative estimate of drug-likeness (QED) is 0.792. The molecule has 0 saturated carbocycles. The molecule has 1 heterocycles. The Balaban J connectivity index is 2.21. The number of Topliss-reactive ketones (excluding diaryl/α,β-unsaturated/α-hetero) is 1. The molecule has 3 rings (SSSR count). The number of fused-ring (bicyclic) bond motifs is 1. The molecule has 1 aromatic carbocycles. The number of benzene rings is 1. The standard InChI is InChI=1S/C14H12F2N2O/c1-8-14-12(3-2-4-13(14)19)18(17-8)11-6-9(15)5-10(16)7-11/h5-7H,2-4H2,1H3. The lowest BCUT2D eigenvalue weighted by atomic mass is 9.94. The summed E-state index contributed by atoms with van der Waals surface area (Å²) in [5.74, 6) is -1.25. The zero-order valence-electron chi connectivity index (χ0n) is 10.4. The van der Waals surface area contributed by atoms with Gasteiger partial charge in [0.1, 0.15) is 11.6 Å². The number of ketones is 1. The van der Waals surface area contributed by atoms with E-state index in [1.54, 1.807) is 6.92 Å². The molecule has 3 nitrogen and oxygen atoms in total. The van der Waals surface area contributed by atoms with E-state index in [2.05, 4.69) is 5.10 Å². The van der Waals surface area contributed by atoms with Gasteiger partial charge in [0.05, 0.1) is 22.6 Å². The Hall–Kier alpha value is -2.04. The van der Waals surface area contributed by atoms with E-state index in [0.29, 0.717) is 29.8 Å². The summed E-state index contributed by atoms with van der Waals surface area (Å²) >= 11 is 0. The van der Waals surface area contributed by atoms with Crippen LogP contribution in [0.1, 0.15) is 34.6 Å². The van der Waals surface area contributed by atoms with Crippen molar-refractivity contribution in [2.75, 3.05) is 0 Å². The van der Waals surface area contributed by atoms with Gasteiger partial charge in [-0.05, 0) is 31.9 Å². The highest BCUT2D eigenvalue weighted by Gasteiger charge is 2.25. The molecule has 0 unspecified atom stereocenters. The smallest absolute Gasteiger partial charge is 0.166 e. The normalized spacial score (nSPS) is 14.6. The lowest BCUT2D eigenvalue weighted by Crippen LogP contribution is -2.13. The number of hydrogen-bond donors (Lipinski definition) is 0. The molecule has 0 atom stereocenters. The van der Waals surface area contributed by atoms with Crippen molar-refractivity contribution >= 4 is 5.78 Å². The van der Waals surface area contributed by atoms with Crippen LogP contribution in [0.5, 0.6) is 0 Å². The molecule has 0 radical (unpaired) electrons. The largest absolute Gasteiger partial charge is 0.294 e. The first-order chi connectivity index (χ1) is 9.06. The van der Waals surface area contributed by atoms with Gasteiger partial charge in [-0.25, -0.2) is 13.5 Å². The molecular weight excluding hydrogens is 250 g/mol. The third-order valence-corrected chi connectivity index (χ3v) is 3.34. The Morgan fingerprint density at radius 1 is 1.16 bits per heavy atom. The van der Waals surface area contributed by atoms with Crippen molar-refractivity contribution in [1.82, 2.24) is 9.78 Å². The van der Waals surface area contributed by atoms with E-state index in [1.165, 1.54) is 16.8 Å². The van der Waals surface area contributed by atoms with E-state index in [4.69, 9.17) is 0 Å². The van der Waals surface area contributed by atoms with Gasteiger partial charge in [-0.1, -0.05) is 0 Å². The van der Waals surface area contributed by atoms with E-state index in [9.17, 15) is 13.6 Å². The molecule has 0 bridgehead atoms. The van der Waals surface area contributed by atoms with Gasteiger partial charge in [0.2, 0.25) is 0 Å². The van der Waals surface area contributed by atoms with Crippen molar-refractivity contribution in [2.24, 2.45) is 0 Å². The minimum absolute atomic E-state index is 0.0573. The number of nitrogens with zero attached hydrogens (tertiary/aromatic N) is 2. The molecule has 5 heteroatoms. The second-order valence-electron chi connectivity index (χ2n) is 4.72. The number of carbonyl (C=O) groups is 1. The van der Waals surface area contributed by atoms with Crippen molar-refractivity contribution in [1.29, 1.82) is 0 Å². The van der Waals surface area contributed by atoms with Crippen molar-refractivity contribution in [3.05, 3.63) is 46.8 Å². The molecular formula is C14H12F2N2O. The van der Waals surface area contributed by atoms with Crippen LogP contribution < -0.4 is 0 Å². The Bertz CT molecular complexity index is 656. The number of rotatable bonds is 1. The highest BCUT2D eigenvalue weighted by molar-refractivity contribution is 5.99. The SMILES string of the molecule is Cc1nn(-c2cc(F)cc(F)c2)c2c1C(=O)CCC2. The van der Waals surface area contributed by atoms with Gasteiger partial charge < -0.3 is 0 Å². The van der Waals surface area contributed by atoms with Crippen LogP contribution in [0.15, 0.2) is 18.2 Å². The molecule has 0 N–H and O–H groups in total. The molecule has 1 aliphatic carbocycles. The van der Waals surface area contributed by atoms with Gasteiger partial charge in [-0.2, -0.15) is 5.10 Å². The number of aryl methyl sites for hydroxylation is 1. The maximum Gasteiger partial charge on any atom is 0.166 e. The Kier molecular flexibility index (Phi) is 2.69. The summed E-state index contributed by atoms with van der Waals surface area (Å²) in [5, 5.41) is 4.26. The van der Waals surface area contributed by atoms with Gasteiger partial charge in [-0.3, -0.25) is 4.79 Å². The summed E-state index contributed by atoms with van der Waals surface area (Å²) in [5.41, 5.74) is 2.29. The van der Waals surface area contributed by atoms with E-state index in [-0.39, 0.29) is 5.78 Å². The molecule has 0 spiro atoms. The number of halogens is 2. The minimum Gasteiger partial charge on any atom is -0.294 e. The maximum absolute atomic E-state index is 13.3. The molecule has 1 aliphatic rings. The first-order valence-electron chi connectivity index (χ1n) is 6.14. The molecule has 1 aromatic heterocycles. The summed E-state index contributed by atoms with van der Waals surface area (Å²) in [6.07, 6.45) is 1.95. The number of aromatic nitrogens is 2. The predicted molar refractivity (Wildman–Crippen MR) is 65.5 cm³/mol. The summed E-state index contributed by atoms with van der Waals surface area (Å²) in [7, 11) is 0. The van der Waals surface area contributed by atoms with Gasteiger partial charge in [-0.15, -0.1) is 0 Å². The highest BCUT2D eigenvalue weighted by atomic mass is 19.1. The fourth-order valence-corrected chi connectivity index (χ4v) is 2.59. The number of carbonyl (C=O) groups excluding carboxylic acids is 1. The monoisotopic (exact) mass is 262 g/mol. The second-order valence-corrected chi connectivity index (χ2v) is 4.72. The zero-order valence-corrected chi connectivity index (χ0v) is 10.4. The van der Waals surface area contributed by atoms with E-state index < -0.39 is 11.6 Å². The van der Waals surface area contributed by atoms with Crippen molar-refractivity contribution in [2.45, 2.75) is 26.2 Å². The van der Waals surface area contributed by atoms with E-state index in [0.717, 1.165) is 18.2 Å². The van der Waals surface area contributed by atoms with Gasteiger partial charge in [0, 0.05) is 12.5 Å². The van der Waals surface area contributed by atoms with Crippen LogP contribution in [0.25, 0.3) is 5.69 Å². The first-order valence-corrected chi connectivity index (χ1v) is 6.14. The van der Waals surface area contributed by atoms with Crippen LogP contribution in [0.3, 0.4) is 0 Å². The van der Waals surface area contributed by atoms with Crippen LogP contribution in [0.2, 0.25) is 0 Å². The van der Waals surface area contributed by atoms with Crippen LogP contribution in [-0.2, 0) is 6.42 Å². The van der Waals surface area contributed by atoms with Gasteiger partial charge in [0.15, 0.2) is 5.78 Å². The van der Waals surface area contributed by atoms with E-state index >= 15 is 0 Å². The second kappa shape index (κ2) is 4.26. The topological polar surface area (TPSA) is 34.9 Å². The fourth-order valence-electron chi connectivity index (χ4n) is 2.59. The predicted octanol–water partition coefficient (Wildman–Crippen LogP) is 2.98. The molecule has 19 heavy (non-hydrogen) atoms. The summed E-state index contributed by atoms with van der Waals surface area (Å²) in [6, 6.07) is 3.25. The highest BCUT2D eigenvalue weighted by Crippen LogP contribution is 2.27. The summed E-state index contributed by atoms with van der Waals surface area (Å²) in [6.45, 7) is 1.74. The Morgan fingerprint density at radius 2 is 1.84 bits per heavy atom. The molecule has 2 aromatic rings. The van der Waals surface area contributed by atoms with Gasteiger partial charge in [0.25, 0.3) is 0 Å². The van der Waals surface area contributed by atoms with Crippen LogP contribution in [0, 0.1) is 18.6 Å². The van der Waals surface area contributed by atoms with Crippen LogP contribution in [-0.4, -0.2) is 15.6 Å². The minimum atomic E-state index is -0.654. The average molecular weight is 262 g/mol. The average Bonchev–Trinajstić information content (AvgIpc) is 2.67. The molecule has 0 aliphatic heterocycles. The van der Waals surface area contributed by atoms with Crippen LogP contribution >= 0.6 is 0 Å².